The zero-order chi connectivity index (χ0) is 18.2. The van der Waals surface area contributed by atoms with Gasteiger partial charge in [0.15, 0.2) is 0 Å². The third-order valence-corrected chi connectivity index (χ3v) is 6.85. The lowest BCUT2D eigenvalue weighted by molar-refractivity contribution is 0.566. The number of rotatable bonds is 5. The van der Waals surface area contributed by atoms with Crippen molar-refractivity contribution in [2.24, 2.45) is 5.14 Å². The summed E-state index contributed by atoms with van der Waals surface area (Å²) in [6.07, 6.45) is 2.92. The van der Waals surface area contributed by atoms with Gasteiger partial charge in [-0.1, -0.05) is 18.2 Å². The van der Waals surface area contributed by atoms with Crippen molar-refractivity contribution in [3.63, 3.8) is 0 Å². The van der Waals surface area contributed by atoms with Gasteiger partial charge in [0.05, 0.1) is 9.79 Å². The van der Waals surface area contributed by atoms with Crippen LogP contribution in [0.3, 0.4) is 0 Å². The first-order chi connectivity index (χ1) is 11.7. The van der Waals surface area contributed by atoms with E-state index in [0.717, 1.165) is 24.8 Å². The zero-order valence-corrected chi connectivity index (χ0v) is 15.4. The van der Waals surface area contributed by atoms with Crippen LogP contribution < -0.4 is 9.86 Å². The Morgan fingerprint density at radius 3 is 2.40 bits per heavy atom. The van der Waals surface area contributed by atoms with Crippen LogP contribution in [-0.2, 0) is 32.9 Å². The largest absolute Gasteiger partial charge is 0.241 e. The van der Waals surface area contributed by atoms with Gasteiger partial charge in [0, 0.05) is 6.04 Å². The van der Waals surface area contributed by atoms with Crippen LogP contribution in [0.4, 0.5) is 0 Å². The van der Waals surface area contributed by atoms with Crippen molar-refractivity contribution in [3.05, 3.63) is 59.2 Å². The van der Waals surface area contributed by atoms with E-state index in [1.807, 2.05) is 6.07 Å². The molecule has 1 atom stereocenters. The molecule has 0 saturated heterocycles. The zero-order valence-electron chi connectivity index (χ0n) is 13.8. The summed E-state index contributed by atoms with van der Waals surface area (Å²) < 4.78 is 50.8. The molecule has 134 valence electrons. The van der Waals surface area contributed by atoms with E-state index in [1.54, 1.807) is 25.1 Å². The Kier molecular flexibility index (Phi) is 4.72. The average Bonchev–Trinajstić information content (AvgIpc) is 3.01. The van der Waals surface area contributed by atoms with Gasteiger partial charge in [0.25, 0.3) is 0 Å². The van der Waals surface area contributed by atoms with Gasteiger partial charge in [-0.25, -0.2) is 26.7 Å². The molecule has 0 saturated carbocycles. The van der Waals surface area contributed by atoms with Gasteiger partial charge in [-0.3, -0.25) is 0 Å². The molecule has 3 rings (SSSR count). The molecule has 0 radical (unpaired) electrons. The highest BCUT2D eigenvalue weighted by Gasteiger charge is 2.21. The highest BCUT2D eigenvalue weighted by atomic mass is 32.2. The van der Waals surface area contributed by atoms with Crippen LogP contribution in [0.15, 0.2) is 52.3 Å². The summed E-state index contributed by atoms with van der Waals surface area (Å²) >= 11 is 0. The molecule has 25 heavy (non-hydrogen) atoms. The molecule has 0 unspecified atom stereocenters. The predicted molar refractivity (Wildman–Crippen MR) is 95.0 cm³/mol. The van der Waals surface area contributed by atoms with Gasteiger partial charge >= 0.3 is 0 Å². The molecule has 3 N–H and O–H groups in total. The number of primary sulfonamides is 1. The topological polar surface area (TPSA) is 106 Å². The van der Waals surface area contributed by atoms with Crippen LogP contribution in [0, 0.1) is 0 Å². The van der Waals surface area contributed by atoms with Crippen LogP contribution >= 0.6 is 0 Å². The monoisotopic (exact) mass is 380 g/mol. The molecule has 2 aromatic rings. The Morgan fingerprint density at radius 2 is 1.68 bits per heavy atom. The molecule has 0 bridgehead atoms. The van der Waals surface area contributed by atoms with Crippen molar-refractivity contribution >= 4 is 20.0 Å². The first-order valence-corrected chi connectivity index (χ1v) is 11.0. The molecule has 1 aliphatic rings. The van der Waals surface area contributed by atoms with Crippen LogP contribution in [0.25, 0.3) is 0 Å². The fourth-order valence-corrected chi connectivity index (χ4v) is 4.90. The van der Waals surface area contributed by atoms with Crippen molar-refractivity contribution in [3.8, 4) is 0 Å². The lowest BCUT2D eigenvalue weighted by atomic mass is 10.1. The molecule has 0 fully saturated rings. The number of fused-ring (bicyclic) bond motifs is 1. The van der Waals surface area contributed by atoms with E-state index in [2.05, 4.69) is 4.72 Å². The second-order valence-electron chi connectivity index (χ2n) is 6.24. The van der Waals surface area contributed by atoms with Crippen molar-refractivity contribution in [1.29, 1.82) is 0 Å². The lowest BCUT2D eigenvalue weighted by Crippen LogP contribution is -2.27. The van der Waals surface area contributed by atoms with Crippen molar-refractivity contribution in [2.45, 2.75) is 42.0 Å². The summed E-state index contributed by atoms with van der Waals surface area (Å²) in [5.41, 5.74) is 2.80. The summed E-state index contributed by atoms with van der Waals surface area (Å²) in [4.78, 5) is 0.177. The normalized spacial score (nSPS) is 15.8. The van der Waals surface area contributed by atoms with Crippen molar-refractivity contribution < 1.29 is 16.8 Å². The Labute approximate surface area is 148 Å². The van der Waals surface area contributed by atoms with E-state index in [-0.39, 0.29) is 9.79 Å². The number of hydrogen-bond donors (Lipinski definition) is 2. The number of nitrogens with two attached hydrogens (primary N) is 1. The molecule has 0 aliphatic heterocycles. The van der Waals surface area contributed by atoms with E-state index in [9.17, 15) is 16.8 Å². The van der Waals surface area contributed by atoms with Crippen molar-refractivity contribution in [1.82, 2.24) is 4.72 Å². The minimum absolute atomic E-state index is 0.0476. The Bertz CT molecular complexity index is 1010. The van der Waals surface area contributed by atoms with E-state index < -0.39 is 26.1 Å². The molecule has 2 aromatic carbocycles. The highest BCUT2D eigenvalue weighted by molar-refractivity contribution is 7.89. The Balaban J connectivity index is 1.86. The number of aryl methyl sites for hydroxylation is 2. The SMILES string of the molecule is C[C@@H](NS(=O)(=O)c1ccc2c(c1)CCC2)c1cccc(S(N)(=O)=O)c1. The fourth-order valence-electron chi connectivity index (χ4n) is 3.05. The third-order valence-electron chi connectivity index (χ3n) is 4.40. The maximum absolute atomic E-state index is 12.6. The van der Waals surface area contributed by atoms with Crippen LogP contribution in [0.1, 0.15) is 36.1 Å². The van der Waals surface area contributed by atoms with Gasteiger partial charge in [0.1, 0.15) is 0 Å². The standard InChI is InChI=1S/C17H20N2O4S2/c1-12(14-5-3-7-16(10-14)24(18,20)21)19-25(22,23)17-9-8-13-4-2-6-15(13)11-17/h3,5,7-12,19H,2,4,6H2,1H3,(H2,18,20,21)/t12-/m1/s1. The second-order valence-corrected chi connectivity index (χ2v) is 9.52. The van der Waals surface area contributed by atoms with Gasteiger partial charge in [-0.05, 0) is 67.1 Å². The Hall–Kier alpha value is -1.74. The van der Waals surface area contributed by atoms with E-state index >= 15 is 0 Å². The smallest absolute Gasteiger partial charge is 0.225 e. The molecule has 0 spiro atoms. The molecular formula is C17H20N2O4S2. The average molecular weight is 380 g/mol. The molecule has 0 heterocycles. The summed E-state index contributed by atoms with van der Waals surface area (Å²) in [6, 6.07) is 10.5. The summed E-state index contributed by atoms with van der Waals surface area (Å²) in [6.45, 7) is 1.66. The maximum atomic E-state index is 12.6. The number of hydrogen-bond acceptors (Lipinski definition) is 4. The summed E-state index contributed by atoms with van der Waals surface area (Å²) in [5, 5.41) is 5.13. The second kappa shape index (κ2) is 6.53. The first kappa shape index (κ1) is 18.1. The Morgan fingerprint density at radius 1 is 0.960 bits per heavy atom. The molecule has 8 heteroatoms. The number of benzene rings is 2. The highest BCUT2D eigenvalue weighted by Crippen LogP contribution is 2.26. The van der Waals surface area contributed by atoms with E-state index in [1.165, 1.54) is 23.8 Å². The van der Waals surface area contributed by atoms with Crippen LogP contribution in [0.2, 0.25) is 0 Å². The fraction of sp³-hybridized carbons (Fsp3) is 0.294. The molecule has 1 aliphatic carbocycles. The van der Waals surface area contributed by atoms with E-state index in [0.29, 0.717) is 5.56 Å². The van der Waals surface area contributed by atoms with Crippen molar-refractivity contribution in [2.75, 3.05) is 0 Å². The molecule has 0 amide bonds. The van der Waals surface area contributed by atoms with Gasteiger partial charge in [-0.15, -0.1) is 0 Å². The summed E-state index contributed by atoms with van der Waals surface area (Å²) in [5.74, 6) is 0. The molecule has 0 aromatic heterocycles. The van der Waals surface area contributed by atoms with E-state index in [4.69, 9.17) is 5.14 Å². The quantitative estimate of drug-likeness (QED) is 0.826. The third kappa shape index (κ3) is 3.92. The van der Waals surface area contributed by atoms with Gasteiger partial charge in [0.2, 0.25) is 20.0 Å². The molecule has 6 nitrogen and oxygen atoms in total. The van der Waals surface area contributed by atoms with Crippen LogP contribution in [0.5, 0.6) is 0 Å². The number of nitrogens with one attached hydrogen (secondary N) is 1. The van der Waals surface area contributed by atoms with Crippen LogP contribution in [-0.4, -0.2) is 16.8 Å². The minimum Gasteiger partial charge on any atom is -0.225 e. The number of sulfonamides is 2. The van der Waals surface area contributed by atoms with Gasteiger partial charge in [-0.2, -0.15) is 0 Å². The predicted octanol–water partition coefficient (Wildman–Crippen LogP) is 1.86. The first-order valence-electron chi connectivity index (χ1n) is 7.94. The minimum atomic E-state index is -3.84. The summed E-state index contributed by atoms with van der Waals surface area (Å²) in [7, 11) is -7.55. The molecular weight excluding hydrogens is 360 g/mol. The van der Waals surface area contributed by atoms with Gasteiger partial charge < -0.3 is 0 Å². The maximum Gasteiger partial charge on any atom is 0.241 e. The lowest BCUT2D eigenvalue weighted by Gasteiger charge is -2.16.